The number of halogens is 1. The summed E-state index contributed by atoms with van der Waals surface area (Å²) in [5.74, 6) is -0.977. The Labute approximate surface area is 126 Å². The van der Waals surface area contributed by atoms with Crippen molar-refractivity contribution in [1.29, 1.82) is 0 Å². The Kier molecular flexibility index (Phi) is 4.75. The van der Waals surface area contributed by atoms with E-state index in [1.165, 1.54) is 0 Å². The summed E-state index contributed by atoms with van der Waals surface area (Å²) in [5, 5.41) is 11.5. The lowest BCUT2D eigenvalue weighted by molar-refractivity contribution is 0.0696. The molecule has 1 N–H and O–H groups in total. The van der Waals surface area contributed by atoms with Gasteiger partial charge in [0.25, 0.3) is 0 Å². The van der Waals surface area contributed by atoms with Crippen LogP contribution in [0, 0.1) is 0 Å². The highest BCUT2D eigenvalue weighted by molar-refractivity contribution is 7.11. The molecule has 0 saturated carbocycles. The molecule has 1 aromatic heterocycles. The van der Waals surface area contributed by atoms with Gasteiger partial charge in [-0.25, -0.2) is 9.78 Å². The summed E-state index contributed by atoms with van der Waals surface area (Å²) in [7, 11) is 1.99. The summed E-state index contributed by atoms with van der Waals surface area (Å²) in [5.41, 5.74) is 1.93. The van der Waals surface area contributed by atoms with Crippen molar-refractivity contribution >= 4 is 28.9 Å². The number of nitrogens with zero attached hydrogens (tertiary/aromatic N) is 2. The van der Waals surface area contributed by atoms with Crippen LogP contribution in [0.25, 0.3) is 0 Å². The molecule has 0 amide bonds. The molecule has 1 aromatic carbocycles. The molecule has 0 fully saturated rings. The number of rotatable bonds is 5. The van der Waals surface area contributed by atoms with Crippen molar-refractivity contribution in [3.05, 3.63) is 50.9 Å². The van der Waals surface area contributed by atoms with Gasteiger partial charge in [0, 0.05) is 23.0 Å². The molecule has 1 unspecified atom stereocenters. The van der Waals surface area contributed by atoms with Gasteiger partial charge >= 0.3 is 5.97 Å². The largest absolute Gasteiger partial charge is 0.476 e. The highest BCUT2D eigenvalue weighted by Crippen LogP contribution is 2.22. The molecule has 106 valence electrons. The highest BCUT2D eigenvalue weighted by atomic mass is 35.5. The lowest BCUT2D eigenvalue weighted by Gasteiger charge is -2.24. The van der Waals surface area contributed by atoms with Gasteiger partial charge in [-0.1, -0.05) is 23.7 Å². The van der Waals surface area contributed by atoms with Crippen LogP contribution < -0.4 is 0 Å². The molecule has 4 nitrogen and oxygen atoms in total. The van der Waals surface area contributed by atoms with E-state index >= 15 is 0 Å². The Balaban J connectivity index is 2.04. The first kappa shape index (κ1) is 15.0. The van der Waals surface area contributed by atoms with Crippen LogP contribution in [-0.4, -0.2) is 28.0 Å². The summed E-state index contributed by atoms with van der Waals surface area (Å²) in [4.78, 5) is 17.0. The second kappa shape index (κ2) is 6.35. The Morgan fingerprint density at radius 1 is 1.45 bits per heavy atom. The van der Waals surface area contributed by atoms with Gasteiger partial charge in [-0.2, -0.15) is 0 Å². The molecular weight excluding hydrogens is 296 g/mol. The normalized spacial score (nSPS) is 12.6. The average molecular weight is 311 g/mol. The fourth-order valence-electron chi connectivity index (χ4n) is 1.87. The predicted molar refractivity (Wildman–Crippen MR) is 80.4 cm³/mol. The van der Waals surface area contributed by atoms with Gasteiger partial charge in [0.2, 0.25) is 5.01 Å². The van der Waals surface area contributed by atoms with Crippen LogP contribution in [0.15, 0.2) is 29.6 Å². The van der Waals surface area contributed by atoms with E-state index in [9.17, 15) is 4.79 Å². The number of carbonyl (C=O) groups is 1. The molecule has 1 atom stereocenters. The van der Waals surface area contributed by atoms with Crippen molar-refractivity contribution in [3.63, 3.8) is 0 Å². The number of hydrogen-bond acceptors (Lipinski definition) is 4. The summed E-state index contributed by atoms with van der Waals surface area (Å²) in [6, 6.07) is 7.92. The zero-order valence-corrected chi connectivity index (χ0v) is 12.8. The second-order valence-corrected chi connectivity index (χ2v) is 5.89. The zero-order chi connectivity index (χ0) is 14.7. The Hall–Kier alpha value is -1.43. The molecule has 0 saturated heterocycles. The minimum atomic E-state index is -0.977. The number of aromatic carboxylic acids is 1. The van der Waals surface area contributed by atoms with Gasteiger partial charge in [-0.15, -0.1) is 11.3 Å². The van der Waals surface area contributed by atoms with Crippen LogP contribution in [0.4, 0.5) is 0 Å². The number of thiazole rings is 1. The summed E-state index contributed by atoms with van der Waals surface area (Å²) in [6.45, 7) is 2.70. The number of benzene rings is 1. The SMILES string of the molecule is CC(c1ccc(Cl)cc1)N(C)Cc1csc(C(=O)O)n1. The van der Waals surface area contributed by atoms with Gasteiger partial charge in [-0.3, -0.25) is 4.90 Å². The number of hydrogen-bond donors (Lipinski definition) is 1. The minimum Gasteiger partial charge on any atom is -0.476 e. The molecule has 20 heavy (non-hydrogen) atoms. The molecule has 0 bridgehead atoms. The molecule has 0 radical (unpaired) electrons. The molecule has 0 aliphatic carbocycles. The van der Waals surface area contributed by atoms with E-state index in [0.717, 1.165) is 22.6 Å². The first-order chi connectivity index (χ1) is 9.47. The third-order valence-corrected chi connectivity index (χ3v) is 4.29. The van der Waals surface area contributed by atoms with Crippen LogP contribution in [0.5, 0.6) is 0 Å². The topological polar surface area (TPSA) is 53.4 Å². The monoisotopic (exact) mass is 310 g/mol. The number of carboxylic acid groups (broad SMARTS) is 1. The molecule has 6 heteroatoms. The number of aromatic nitrogens is 1. The minimum absolute atomic E-state index is 0.132. The lowest BCUT2D eigenvalue weighted by atomic mass is 10.1. The van der Waals surface area contributed by atoms with E-state index in [1.54, 1.807) is 5.38 Å². The Morgan fingerprint density at radius 3 is 2.65 bits per heavy atom. The first-order valence-electron chi connectivity index (χ1n) is 6.11. The Bertz CT molecular complexity index is 597. The maximum Gasteiger partial charge on any atom is 0.365 e. The Morgan fingerprint density at radius 2 is 2.10 bits per heavy atom. The molecule has 0 aliphatic heterocycles. The third kappa shape index (κ3) is 3.56. The predicted octanol–water partition coefficient (Wildman–Crippen LogP) is 3.69. The summed E-state index contributed by atoms with van der Waals surface area (Å²) < 4.78 is 0. The smallest absolute Gasteiger partial charge is 0.365 e. The standard InChI is InChI=1S/C14H15ClN2O2S/c1-9(10-3-5-11(15)6-4-10)17(2)7-12-8-20-13(16-12)14(18)19/h3-6,8-9H,7H2,1-2H3,(H,18,19). The fraction of sp³-hybridized carbons (Fsp3) is 0.286. The van der Waals surface area contributed by atoms with Gasteiger partial charge in [0.15, 0.2) is 0 Å². The van der Waals surface area contributed by atoms with Crippen molar-refractivity contribution in [1.82, 2.24) is 9.88 Å². The summed E-state index contributed by atoms with van der Waals surface area (Å²) >= 11 is 7.03. The van der Waals surface area contributed by atoms with Crippen LogP contribution >= 0.6 is 22.9 Å². The van der Waals surface area contributed by atoms with Crippen LogP contribution in [-0.2, 0) is 6.54 Å². The van der Waals surface area contributed by atoms with Gasteiger partial charge < -0.3 is 5.11 Å². The molecule has 0 spiro atoms. The molecule has 0 aliphatic rings. The zero-order valence-electron chi connectivity index (χ0n) is 11.2. The second-order valence-electron chi connectivity index (χ2n) is 4.59. The van der Waals surface area contributed by atoms with E-state index in [0.29, 0.717) is 11.6 Å². The van der Waals surface area contributed by atoms with E-state index < -0.39 is 5.97 Å². The van der Waals surface area contributed by atoms with Crippen LogP contribution in [0.2, 0.25) is 5.02 Å². The average Bonchev–Trinajstić information content (AvgIpc) is 2.87. The summed E-state index contributed by atoms with van der Waals surface area (Å²) in [6.07, 6.45) is 0. The molecule has 1 heterocycles. The van der Waals surface area contributed by atoms with Crippen molar-refractivity contribution in [3.8, 4) is 0 Å². The van der Waals surface area contributed by atoms with Gasteiger partial charge in [0.1, 0.15) is 0 Å². The van der Waals surface area contributed by atoms with Crippen molar-refractivity contribution < 1.29 is 9.90 Å². The van der Waals surface area contributed by atoms with Crippen LogP contribution in [0.1, 0.15) is 34.0 Å². The number of carboxylic acids is 1. The first-order valence-corrected chi connectivity index (χ1v) is 7.36. The molecular formula is C14H15ClN2O2S. The van der Waals surface area contributed by atoms with Crippen molar-refractivity contribution in [2.24, 2.45) is 0 Å². The quantitative estimate of drug-likeness (QED) is 0.915. The highest BCUT2D eigenvalue weighted by Gasteiger charge is 2.15. The third-order valence-electron chi connectivity index (χ3n) is 3.16. The van der Waals surface area contributed by atoms with Crippen LogP contribution in [0.3, 0.4) is 0 Å². The van der Waals surface area contributed by atoms with E-state index in [2.05, 4.69) is 16.8 Å². The maximum atomic E-state index is 10.8. The van der Waals surface area contributed by atoms with Gasteiger partial charge in [-0.05, 0) is 31.7 Å². The van der Waals surface area contributed by atoms with E-state index in [-0.39, 0.29) is 11.0 Å². The fourth-order valence-corrected chi connectivity index (χ4v) is 2.64. The van der Waals surface area contributed by atoms with Crippen molar-refractivity contribution in [2.45, 2.75) is 19.5 Å². The van der Waals surface area contributed by atoms with Gasteiger partial charge in [0.05, 0.1) is 5.69 Å². The molecule has 2 rings (SSSR count). The lowest BCUT2D eigenvalue weighted by Crippen LogP contribution is -2.22. The van der Waals surface area contributed by atoms with Crippen molar-refractivity contribution in [2.75, 3.05) is 7.05 Å². The van der Waals surface area contributed by atoms with E-state index in [4.69, 9.17) is 16.7 Å². The van der Waals surface area contributed by atoms with E-state index in [1.807, 2.05) is 31.3 Å². The maximum absolute atomic E-state index is 10.8. The molecule has 2 aromatic rings.